The molecule has 0 aliphatic carbocycles. The van der Waals surface area contributed by atoms with E-state index in [2.05, 4.69) is 12.2 Å². The minimum Gasteiger partial charge on any atom is -0.482 e. The van der Waals surface area contributed by atoms with E-state index in [1.807, 2.05) is 0 Å². The SMILES string of the molecule is CC1CCNCC1Oc1cc(Cl)ccc1[N+](=O)[O-]. The summed E-state index contributed by atoms with van der Waals surface area (Å²) in [6, 6.07) is 4.37. The van der Waals surface area contributed by atoms with Gasteiger partial charge in [-0.05, 0) is 24.9 Å². The van der Waals surface area contributed by atoms with Crippen molar-refractivity contribution in [3.63, 3.8) is 0 Å². The fourth-order valence-corrected chi connectivity index (χ4v) is 2.18. The molecular weight excluding hydrogens is 256 g/mol. The van der Waals surface area contributed by atoms with Crippen LogP contribution in [0.15, 0.2) is 18.2 Å². The lowest BCUT2D eigenvalue weighted by atomic mass is 9.97. The number of ether oxygens (including phenoxy) is 1. The van der Waals surface area contributed by atoms with Crippen LogP contribution in [0.2, 0.25) is 5.02 Å². The van der Waals surface area contributed by atoms with Crippen LogP contribution in [0.1, 0.15) is 13.3 Å². The van der Waals surface area contributed by atoms with Crippen LogP contribution in [0, 0.1) is 16.0 Å². The maximum atomic E-state index is 10.9. The van der Waals surface area contributed by atoms with Crippen LogP contribution in [0.4, 0.5) is 5.69 Å². The Morgan fingerprint density at radius 1 is 1.56 bits per heavy atom. The number of piperidine rings is 1. The highest BCUT2D eigenvalue weighted by Gasteiger charge is 2.26. The minimum atomic E-state index is -0.452. The van der Waals surface area contributed by atoms with Crippen molar-refractivity contribution in [1.82, 2.24) is 5.32 Å². The predicted octanol–water partition coefficient (Wildman–Crippen LogP) is 2.63. The summed E-state index contributed by atoms with van der Waals surface area (Å²) in [6.45, 7) is 3.74. The second-order valence-corrected chi connectivity index (χ2v) is 4.93. The number of nitro groups is 1. The summed E-state index contributed by atoms with van der Waals surface area (Å²) < 4.78 is 5.75. The first-order valence-electron chi connectivity index (χ1n) is 5.89. The molecule has 0 aromatic heterocycles. The number of nitro benzene ring substituents is 1. The van der Waals surface area contributed by atoms with Crippen LogP contribution in [0.5, 0.6) is 5.75 Å². The van der Waals surface area contributed by atoms with Gasteiger partial charge in [-0.15, -0.1) is 0 Å². The number of hydrogen-bond donors (Lipinski definition) is 1. The predicted molar refractivity (Wildman–Crippen MR) is 69.2 cm³/mol. The fraction of sp³-hybridized carbons (Fsp3) is 0.500. The Labute approximate surface area is 110 Å². The second kappa shape index (κ2) is 5.54. The summed E-state index contributed by atoms with van der Waals surface area (Å²) in [5.74, 6) is 0.609. The summed E-state index contributed by atoms with van der Waals surface area (Å²) in [5.41, 5.74) is -0.0443. The Hall–Kier alpha value is -1.33. The van der Waals surface area contributed by atoms with Crippen molar-refractivity contribution in [3.05, 3.63) is 33.3 Å². The maximum absolute atomic E-state index is 10.9. The van der Waals surface area contributed by atoms with E-state index in [0.717, 1.165) is 13.0 Å². The summed E-state index contributed by atoms with van der Waals surface area (Å²) in [4.78, 5) is 10.5. The van der Waals surface area contributed by atoms with Gasteiger partial charge in [-0.25, -0.2) is 0 Å². The van der Waals surface area contributed by atoms with Crippen LogP contribution < -0.4 is 10.1 Å². The zero-order valence-corrected chi connectivity index (χ0v) is 10.8. The van der Waals surface area contributed by atoms with Gasteiger partial charge >= 0.3 is 5.69 Å². The molecular formula is C12H15ClN2O3. The van der Waals surface area contributed by atoms with Gasteiger partial charge in [-0.1, -0.05) is 18.5 Å². The van der Waals surface area contributed by atoms with E-state index >= 15 is 0 Å². The molecule has 1 heterocycles. The highest BCUT2D eigenvalue weighted by molar-refractivity contribution is 6.30. The Morgan fingerprint density at radius 2 is 2.33 bits per heavy atom. The lowest BCUT2D eigenvalue weighted by molar-refractivity contribution is -0.386. The Kier molecular flexibility index (Phi) is 4.04. The first-order chi connectivity index (χ1) is 8.58. The molecule has 5 nitrogen and oxygen atoms in total. The Bertz CT molecular complexity index is 453. The molecule has 0 radical (unpaired) electrons. The molecule has 2 rings (SSSR count). The van der Waals surface area contributed by atoms with E-state index in [9.17, 15) is 10.1 Å². The summed E-state index contributed by atoms with van der Waals surface area (Å²) in [5, 5.41) is 14.6. The summed E-state index contributed by atoms with van der Waals surface area (Å²) in [7, 11) is 0. The van der Waals surface area contributed by atoms with Crippen molar-refractivity contribution in [1.29, 1.82) is 0 Å². The number of nitrogens with zero attached hydrogens (tertiary/aromatic N) is 1. The van der Waals surface area contributed by atoms with Gasteiger partial charge in [0, 0.05) is 23.7 Å². The van der Waals surface area contributed by atoms with Gasteiger partial charge in [0.25, 0.3) is 0 Å². The van der Waals surface area contributed by atoms with Crippen molar-refractivity contribution >= 4 is 17.3 Å². The van der Waals surface area contributed by atoms with Crippen molar-refractivity contribution < 1.29 is 9.66 Å². The third-order valence-corrected chi connectivity index (χ3v) is 3.39. The van der Waals surface area contributed by atoms with Crippen LogP contribution >= 0.6 is 11.6 Å². The monoisotopic (exact) mass is 270 g/mol. The van der Waals surface area contributed by atoms with Gasteiger partial charge in [0.15, 0.2) is 5.75 Å². The van der Waals surface area contributed by atoms with Crippen molar-refractivity contribution in [3.8, 4) is 5.75 Å². The Balaban J connectivity index is 2.21. The van der Waals surface area contributed by atoms with Crippen LogP contribution in [0.3, 0.4) is 0 Å². The number of benzene rings is 1. The average molecular weight is 271 g/mol. The first-order valence-corrected chi connectivity index (χ1v) is 6.27. The molecule has 98 valence electrons. The standard InChI is InChI=1S/C12H15ClN2O3/c1-8-4-5-14-7-12(8)18-11-6-9(13)2-3-10(11)15(16)17/h2-3,6,8,12,14H,4-5,7H2,1H3. The van der Waals surface area contributed by atoms with E-state index in [-0.39, 0.29) is 17.5 Å². The molecule has 1 saturated heterocycles. The minimum absolute atomic E-state index is 0.0443. The molecule has 0 amide bonds. The number of halogens is 1. The summed E-state index contributed by atoms with van der Waals surface area (Å²) in [6.07, 6.45) is 0.940. The molecule has 1 N–H and O–H groups in total. The smallest absolute Gasteiger partial charge is 0.311 e. The molecule has 2 atom stereocenters. The lowest BCUT2D eigenvalue weighted by Crippen LogP contribution is -2.42. The van der Waals surface area contributed by atoms with Gasteiger partial charge in [-0.3, -0.25) is 10.1 Å². The lowest BCUT2D eigenvalue weighted by Gasteiger charge is -2.29. The van der Waals surface area contributed by atoms with Gasteiger partial charge < -0.3 is 10.1 Å². The molecule has 0 spiro atoms. The molecule has 1 aliphatic heterocycles. The third kappa shape index (κ3) is 2.91. The summed E-state index contributed by atoms with van der Waals surface area (Å²) >= 11 is 5.86. The van der Waals surface area contributed by atoms with E-state index in [0.29, 0.717) is 17.5 Å². The highest BCUT2D eigenvalue weighted by atomic mass is 35.5. The van der Waals surface area contributed by atoms with Crippen LogP contribution in [-0.4, -0.2) is 24.1 Å². The van der Waals surface area contributed by atoms with E-state index in [1.54, 1.807) is 0 Å². The number of rotatable bonds is 3. The first kappa shape index (κ1) is 13.1. The molecule has 0 saturated carbocycles. The average Bonchev–Trinajstić information content (AvgIpc) is 2.32. The van der Waals surface area contributed by atoms with Gasteiger partial charge in [-0.2, -0.15) is 0 Å². The third-order valence-electron chi connectivity index (χ3n) is 3.15. The molecule has 1 aromatic carbocycles. The largest absolute Gasteiger partial charge is 0.482 e. The van der Waals surface area contributed by atoms with E-state index in [1.165, 1.54) is 18.2 Å². The second-order valence-electron chi connectivity index (χ2n) is 4.50. The normalized spacial score (nSPS) is 23.7. The molecule has 0 bridgehead atoms. The van der Waals surface area contributed by atoms with Gasteiger partial charge in [0.05, 0.1) is 4.92 Å². The molecule has 1 fully saturated rings. The molecule has 1 aliphatic rings. The molecule has 2 unspecified atom stereocenters. The van der Waals surface area contributed by atoms with Gasteiger partial charge in [0.1, 0.15) is 6.10 Å². The van der Waals surface area contributed by atoms with Crippen molar-refractivity contribution in [2.75, 3.05) is 13.1 Å². The van der Waals surface area contributed by atoms with E-state index in [4.69, 9.17) is 16.3 Å². The maximum Gasteiger partial charge on any atom is 0.311 e. The van der Waals surface area contributed by atoms with Crippen molar-refractivity contribution in [2.45, 2.75) is 19.4 Å². The zero-order valence-electron chi connectivity index (χ0n) is 10.1. The molecule has 1 aromatic rings. The van der Waals surface area contributed by atoms with Crippen LogP contribution in [-0.2, 0) is 0 Å². The highest BCUT2D eigenvalue weighted by Crippen LogP contribution is 2.32. The molecule has 18 heavy (non-hydrogen) atoms. The number of nitrogens with one attached hydrogen (secondary N) is 1. The fourth-order valence-electron chi connectivity index (χ4n) is 2.02. The van der Waals surface area contributed by atoms with Crippen molar-refractivity contribution in [2.24, 2.45) is 5.92 Å². The van der Waals surface area contributed by atoms with Crippen LogP contribution in [0.25, 0.3) is 0 Å². The zero-order chi connectivity index (χ0) is 13.1. The molecule has 6 heteroatoms. The van der Waals surface area contributed by atoms with Gasteiger partial charge in [0.2, 0.25) is 0 Å². The number of hydrogen-bond acceptors (Lipinski definition) is 4. The quantitative estimate of drug-likeness (QED) is 0.677. The Morgan fingerprint density at radius 3 is 3.00 bits per heavy atom. The van der Waals surface area contributed by atoms with E-state index < -0.39 is 4.92 Å². The topological polar surface area (TPSA) is 64.4 Å².